The van der Waals surface area contributed by atoms with Gasteiger partial charge in [0.1, 0.15) is 42.3 Å². The molecule has 26 nitrogen and oxygen atoms in total. The van der Waals surface area contributed by atoms with Crippen molar-refractivity contribution in [1.29, 1.82) is 0 Å². The molecule has 392 valence electrons. The standard InChI is InChI=1S/C43H75N11O15/c1-11-22(8)34(52-31(58)18-46-36(61)23(9)48-38(63)27(15-20(4)5)50-37(62)25(44)12-13-32(59)60)41(66)47-17-30(57)49-26(14-19(2)3)39(64)54-35(24(10)55)42(67)51-28(16-29(45)56)40(65)53-33(21(6)7)43(68)69/h19-28,33-35,55H,11-18,44H2,1-10H3,(H2,45,56)(H,46,61)(H,47,66)(H,48,63)(H,49,57)(H,50,62)(H,51,67)(H,52,58)(H,53,65)(H,54,64)(H,59,60)(H,68,69)/t22-,23-,24+,25-,26-,27-,28-,33-,34-,35-/m0/s1. The van der Waals surface area contributed by atoms with Crippen LogP contribution in [0.3, 0.4) is 0 Å². The molecule has 0 unspecified atom stereocenters. The molecule has 0 bridgehead atoms. The lowest BCUT2D eigenvalue weighted by molar-refractivity contribution is -0.144. The number of hydrogen-bond acceptors (Lipinski definition) is 14. The summed E-state index contributed by atoms with van der Waals surface area (Å²) in [5.41, 5.74) is 11.0. The minimum absolute atomic E-state index is 0.00228. The molecule has 0 rings (SSSR count). The second-order valence-electron chi connectivity index (χ2n) is 18.1. The number of carbonyl (C=O) groups is 12. The Hall–Kier alpha value is -6.44. The Bertz CT molecular complexity index is 1830. The molecule has 0 aliphatic heterocycles. The van der Waals surface area contributed by atoms with E-state index in [4.69, 9.17) is 16.6 Å². The Labute approximate surface area is 401 Å². The van der Waals surface area contributed by atoms with Gasteiger partial charge in [0.2, 0.25) is 59.1 Å². The third-order valence-electron chi connectivity index (χ3n) is 10.4. The third kappa shape index (κ3) is 24.4. The van der Waals surface area contributed by atoms with Gasteiger partial charge in [-0.05, 0) is 56.8 Å². The fraction of sp³-hybridized carbons (Fsp3) is 0.721. The maximum atomic E-state index is 13.5. The highest BCUT2D eigenvalue weighted by atomic mass is 16.4. The number of nitrogens with two attached hydrogens (primary N) is 2. The Morgan fingerprint density at radius 3 is 1.45 bits per heavy atom. The highest BCUT2D eigenvalue weighted by molar-refractivity contribution is 5.98. The fourth-order valence-electron chi connectivity index (χ4n) is 6.34. The van der Waals surface area contributed by atoms with Crippen LogP contribution in [0.25, 0.3) is 0 Å². The van der Waals surface area contributed by atoms with Crippen molar-refractivity contribution in [3.05, 3.63) is 0 Å². The highest BCUT2D eigenvalue weighted by Gasteiger charge is 2.35. The summed E-state index contributed by atoms with van der Waals surface area (Å²) >= 11 is 0. The molecule has 0 saturated carbocycles. The summed E-state index contributed by atoms with van der Waals surface area (Å²) in [4.78, 5) is 152. The highest BCUT2D eigenvalue weighted by Crippen LogP contribution is 2.11. The van der Waals surface area contributed by atoms with Crippen molar-refractivity contribution in [1.82, 2.24) is 47.9 Å². The van der Waals surface area contributed by atoms with Crippen LogP contribution in [0.4, 0.5) is 0 Å². The Balaban J connectivity index is 5.73. The Kier molecular flexibility index (Phi) is 28.0. The number of aliphatic carboxylic acids is 2. The molecule has 26 heteroatoms. The van der Waals surface area contributed by atoms with Crippen LogP contribution >= 0.6 is 0 Å². The number of primary amides is 1. The van der Waals surface area contributed by atoms with Gasteiger partial charge >= 0.3 is 11.9 Å². The van der Waals surface area contributed by atoms with E-state index in [1.165, 1.54) is 20.8 Å². The van der Waals surface area contributed by atoms with E-state index in [-0.39, 0.29) is 37.5 Å². The Morgan fingerprint density at radius 1 is 0.522 bits per heavy atom. The van der Waals surface area contributed by atoms with Gasteiger partial charge in [0.25, 0.3) is 0 Å². The molecule has 69 heavy (non-hydrogen) atoms. The lowest BCUT2D eigenvalue weighted by Crippen LogP contribution is -2.61. The minimum Gasteiger partial charge on any atom is -0.481 e. The molecule has 0 aliphatic carbocycles. The van der Waals surface area contributed by atoms with Gasteiger partial charge in [-0.3, -0.25) is 52.7 Å². The monoisotopic (exact) mass is 986 g/mol. The lowest BCUT2D eigenvalue weighted by Gasteiger charge is -2.28. The summed E-state index contributed by atoms with van der Waals surface area (Å²) in [6.45, 7) is 14.6. The first kappa shape index (κ1) is 62.6. The summed E-state index contributed by atoms with van der Waals surface area (Å²) < 4.78 is 0. The van der Waals surface area contributed by atoms with E-state index < -0.39 is 157 Å². The van der Waals surface area contributed by atoms with Gasteiger partial charge in [0.15, 0.2) is 0 Å². The average molecular weight is 986 g/mol. The van der Waals surface area contributed by atoms with Crippen LogP contribution in [0.15, 0.2) is 0 Å². The van der Waals surface area contributed by atoms with Crippen molar-refractivity contribution < 1.29 is 72.9 Å². The van der Waals surface area contributed by atoms with Gasteiger partial charge in [-0.1, -0.05) is 61.8 Å². The summed E-state index contributed by atoms with van der Waals surface area (Å²) in [5, 5.41) is 50.3. The molecule has 0 fully saturated rings. The van der Waals surface area contributed by atoms with E-state index >= 15 is 0 Å². The summed E-state index contributed by atoms with van der Waals surface area (Å²) in [5.74, 6) is -12.9. The van der Waals surface area contributed by atoms with E-state index in [1.807, 2.05) is 0 Å². The quantitative estimate of drug-likeness (QED) is 0.0305. The zero-order valence-corrected chi connectivity index (χ0v) is 41.1. The van der Waals surface area contributed by atoms with Crippen molar-refractivity contribution in [3.8, 4) is 0 Å². The van der Waals surface area contributed by atoms with Gasteiger partial charge in [-0.2, -0.15) is 0 Å². The molecule has 0 radical (unpaired) electrons. The van der Waals surface area contributed by atoms with E-state index in [1.54, 1.807) is 41.5 Å². The molecule has 0 saturated heterocycles. The predicted octanol–water partition coefficient (Wildman–Crippen LogP) is -4.04. The largest absolute Gasteiger partial charge is 0.481 e. The van der Waals surface area contributed by atoms with E-state index in [0.29, 0.717) is 6.42 Å². The van der Waals surface area contributed by atoms with Crippen molar-refractivity contribution in [2.45, 2.75) is 162 Å². The Morgan fingerprint density at radius 2 is 0.986 bits per heavy atom. The molecule has 16 N–H and O–H groups in total. The van der Waals surface area contributed by atoms with Crippen molar-refractivity contribution in [3.63, 3.8) is 0 Å². The van der Waals surface area contributed by atoms with Crippen LogP contribution in [0.1, 0.15) is 108 Å². The molecule has 0 spiro atoms. The zero-order chi connectivity index (χ0) is 53.5. The number of aliphatic hydroxyl groups excluding tert-OH is 1. The van der Waals surface area contributed by atoms with Gasteiger partial charge in [-0.25, -0.2) is 4.79 Å². The first-order chi connectivity index (χ1) is 31.9. The van der Waals surface area contributed by atoms with Crippen LogP contribution in [-0.4, -0.2) is 154 Å². The molecular formula is C43H75N11O15. The number of hydrogen-bond donors (Lipinski definition) is 14. The van der Waals surface area contributed by atoms with Gasteiger partial charge in [0.05, 0.1) is 31.7 Å². The van der Waals surface area contributed by atoms with Gasteiger partial charge in [-0.15, -0.1) is 0 Å². The number of carboxylic acids is 2. The minimum atomic E-state index is -1.76. The summed E-state index contributed by atoms with van der Waals surface area (Å²) in [6, 6.07) is -10.9. The molecule has 0 heterocycles. The van der Waals surface area contributed by atoms with E-state index in [0.717, 1.165) is 6.92 Å². The molecule has 0 aliphatic rings. The lowest BCUT2D eigenvalue weighted by atomic mass is 9.98. The molecule has 10 atom stereocenters. The van der Waals surface area contributed by atoms with Crippen LogP contribution in [0, 0.1) is 23.7 Å². The molecule has 0 aromatic heterocycles. The smallest absolute Gasteiger partial charge is 0.326 e. The number of amides is 10. The average Bonchev–Trinajstić information content (AvgIpc) is 3.24. The second-order valence-corrected chi connectivity index (χ2v) is 18.1. The van der Waals surface area contributed by atoms with Crippen LogP contribution in [-0.2, 0) is 57.5 Å². The fourth-order valence-corrected chi connectivity index (χ4v) is 6.34. The number of rotatable bonds is 32. The first-order valence-electron chi connectivity index (χ1n) is 22.7. The third-order valence-corrected chi connectivity index (χ3v) is 10.4. The zero-order valence-electron chi connectivity index (χ0n) is 41.1. The maximum absolute atomic E-state index is 13.5. The van der Waals surface area contributed by atoms with E-state index in [2.05, 4.69) is 47.9 Å². The van der Waals surface area contributed by atoms with Gasteiger partial charge in [0, 0.05) is 6.42 Å². The summed E-state index contributed by atoms with van der Waals surface area (Å²) in [6.07, 6.45) is -2.37. The van der Waals surface area contributed by atoms with Crippen LogP contribution in [0.2, 0.25) is 0 Å². The first-order valence-corrected chi connectivity index (χ1v) is 22.7. The normalized spacial score (nSPS) is 15.5. The van der Waals surface area contributed by atoms with Gasteiger partial charge < -0.3 is 74.6 Å². The topological polar surface area (TPSA) is 426 Å². The molecule has 0 aromatic rings. The SMILES string of the molecule is CC[C@H](C)[C@H](NC(=O)CNC(=O)[C@H](C)NC(=O)[C@H](CC(C)C)NC(=O)[C@@H](N)CCC(=O)O)C(=O)NCC(=O)N[C@@H](CC(C)C)C(=O)N[C@H](C(=O)N[C@@H](CC(N)=O)C(=O)N[C@H](C(=O)O)C(C)C)[C@@H](C)O. The molecule has 10 amide bonds. The second kappa shape index (κ2) is 30.8. The molecule has 0 aromatic carbocycles. The molecular weight excluding hydrogens is 911 g/mol. The number of aliphatic hydroxyl groups is 1. The van der Waals surface area contributed by atoms with Crippen molar-refractivity contribution in [2.75, 3.05) is 13.1 Å². The summed E-state index contributed by atoms with van der Waals surface area (Å²) in [7, 11) is 0. The maximum Gasteiger partial charge on any atom is 0.326 e. The van der Waals surface area contributed by atoms with Crippen molar-refractivity contribution >= 4 is 71.0 Å². The van der Waals surface area contributed by atoms with Crippen LogP contribution < -0.4 is 59.3 Å². The number of carbonyl (C=O) groups excluding carboxylic acids is 10. The van der Waals surface area contributed by atoms with Crippen LogP contribution in [0.5, 0.6) is 0 Å². The predicted molar refractivity (Wildman–Crippen MR) is 246 cm³/mol. The van der Waals surface area contributed by atoms with Crippen molar-refractivity contribution in [2.24, 2.45) is 35.1 Å². The number of carboxylic acid groups (broad SMARTS) is 2. The number of nitrogens with one attached hydrogen (secondary N) is 9. The van der Waals surface area contributed by atoms with E-state index in [9.17, 15) is 67.7 Å².